The molecule has 8 heteroatoms. The summed E-state index contributed by atoms with van der Waals surface area (Å²) in [6.07, 6.45) is 5.07. The number of nitrogens with zero attached hydrogens (tertiary/aromatic N) is 4. The maximum absolute atomic E-state index is 12.7. The van der Waals surface area contributed by atoms with E-state index >= 15 is 0 Å². The van der Waals surface area contributed by atoms with Crippen LogP contribution in [-0.2, 0) is 6.42 Å². The van der Waals surface area contributed by atoms with Gasteiger partial charge in [-0.25, -0.2) is 9.67 Å². The van der Waals surface area contributed by atoms with E-state index < -0.39 is 4.92 Å². The summed E-state index contributed by atoms with van der Waals surface area (Å²) in [5.41, 5.74) is 1.78. The molecule has 3 aromatic rings. The van der Waals surface area contributed by atoms with Gasteiger partial charge < -0.3 is 4.98 Å². The van der Waals surface area contributed by atoms with Crippen LogP contribution in [0.1, 0.15) is 44.3 Å². The van der Waals surface area contributed by atoms with E-state index in [4.69, 9.17) is 0 Å². The molecule has 1 aliphatic rings. The van der Waals surface area contributed by atoms with E-state index in [1.165, 1.54) is 12.1 Å². The molecule has 26 heavy (non-hydrogen) atoms. The summed E-state index contributed by atoms with van der Waals surface area (Å²) in [6, 6.07) is 6.28. The van der Waals surface area contributed by atoms with Crippen LogP contribution in [0.2, 0.25) is 0 Å². The van der Waals surface area contributed by atoms with E-state index in [2.05, 4.69) is 15.1 Å². The van der Waals surface area contributed by atoms with E-state index in [0.29, 0.717) is 28.8 Å². The predicted molar refractivity (Wildman–Crippen MR) is 97.1 cm³/mol. The van der Waals surface area contributed by atoms with E-state index in [9.17, 15) is 14.9 Å². The number of nitrogens with one attached hydrogen (secondary N) is 1. The van der Waals surface area contributed by atoms with Gasteiger partial charge in [-0.05, 0) is 31.4 Å². The van der Waals surface area contributed by atoms with Crippen LogP contribution in [-0.4, -0.2) is 24.7 Å². The number of nitro benzene ring substituents is 1. The van der Waals surface area contributed by atoms with Crippen molar-refractivity contribution in [1.82, 2.24) is 19.7 Å². The van der Waals surface area contributed by atoms with Crippen LogP contribution in [0.5, 0.6) is 0 Å². The van der Waals surface area contributed by atoms with Crippen LogP contribution in [0, 0.1) is 10.1 Å². The highest BCUT2D eigenvalue weighted by Gasteiger charge is 2.24. The zero-order chi connectivity index (χ0) is 18.3. The molecule has 0 spiro atoms. The van der Waals surface area contributed by atoms with Crippen molar-refractivity contribution in [2.75, 3.05) is 0 Å². The quantitative estimate of drug-likeness (QED) is 0.571. The van der Waals surface area contributed by atoms with Gasteiger partial charge in [-0.3, -0.25) is 14.9 Å². The lowest BCUT2D eigenvalue weighted by Crippen LogP contribution is -2.12. The molecular weight excluding hydrogens is 334 g/mol. The highest BCUT2D eigenvalue weighted by atomic mass is 16.6. The van der Waals surface area contributed by atoms with Gasteiger partial charge in [0.15, 0.2) is 5.65 Å². The Bertz CT molecular complexity index is 1030. The fourth-order valence-corrected chi connectivity index (χ4v) is 3.64. The number of aromatic amines is 1. The minimum Gasteiger partial charge on any atom is -0.306 e. The summed E-state index contributed by atoms with van der Waals surface area (Å²) < 4.78 is 1.91. The molecule has 0 unspecified atom stereocenters. The maximum atomic E-state index is 12.7. The number of hydrogen-bond acceptors (Lipinski definition) is 5. The molecule has 1 N–H and O–H groups in total. The number of fused-ring (bicyclic) bond motifs is 1. The van der Waals surface area contributed by atoms with Crippen LogP contribution in [0.25, 0.3) is 22.4 Å². The minimum absolute atomic E-state index is 0.00133. The molecule has 0 amide bonds. The monoisotopic (exact) mass is 353 g/mol. The van der Waals surface area contributed by atoms with Crippen molar-refractivity contribution < 1.29 is 4.92 Å². The number of aryl methyl sites for hydroxylation is 1. The first-order chi connectivity index (χ1) is 12.6. The standard InChI is InChI=1S/C18H19N5O3/c1-2-14-15-17(22(21-14)12-5-3-4-6-12)19-16(20-18(15)24)11-7-9-13(10-8-11)23(25)26/h7-10,12H,2-6H2,1H3,(H,19,20,24). The molecule has 0 aliphatic heterocycles. The Morgan fingerprint density at radius 3 is 2.58 bits per heavy atom. The molecule has 134 valence electrons. The number of rotatable bonds is 4. The van der Waals surface area contributed by atoms with Gasteiger partial charge in [-0.15, -0.1) is 0 Å². The average Bonchev–Trinajstić information content (AvgIpc) is 3.29. The van der Waals surface area contributed by atoms with Crippen molar-refractivity contribution in [3.8, 4) is 11.4 Å². The summed E-state index contributed by atoms with van der Waals surface area (Å²) in [5, 5.41) is 16.0. The first kappa shape index (κ1) is 16.4. The first-order valence-electron chi connectivity index (χ1n) is 8.84. The van der Waals surface area contributed by atoms with Crippen LogP contribution < -0.4 is 5.56 Å². The summed E-state index contributed by atoms with van der Waals surface area (Å²) in [4.78, 5) is 30.5. The average molecular weight is 353 g/mol. The Labute approximate surface area is 149 Å². The van der Waals surface area contributed by atoms with Crippen LogP contribution >= 0.6 is 0 Å². The van der Waals surface area contributed by atoms with E-state index in [1.54, 1.807) is 12.1 Å². The molecule has 1 fully saturated rings. The van der Waals surface area contributed by atoms with Crippen molar-refractivity contribution >= 4 is 16.7 Å². The Kier molecular flexibility index (Phi) is 4.02. The van der Waals surface area contributed by atoms with E-state index in [1.807, 2.05) is 11.6 Å². The van der Waals surface area contributed by atoms with Crippen molar-refractivity contribution in [2.24, 2.45) is 0 Å². The molecule has 1 saturated carbocycles. The molecular formula is C18H19N5O3. The van der Waals surface area contributed by atoms with Gasteiger partial charge in [-0.1, -0.05) is 19.8 Å². The second-order valence-corrected chi connectivity index (χ2v) is 6.60. The smallest absolute Gasteiger partial charge is 0.269 e. The second-order valence-electron chi connectivity index (χ2n) is 6.60. The molecule has 0 bridgehead atoms. The number of H-pyrrole nitrogens is 1. The SMILES string of the molecule is CCc1nn(C2CCCC2)c2nc(-c3ccc([N+](=O)[O-])cc3)[nH]c(=O)c12. The zero-order valence-corrected chi connectivity index (χ0v) is 14.4. The van der Waals surface area contributed by atoms with Crippen molar-refractivity contribution in [3.05, 3.63) is 50.4 Å². The molecule has 2 aromatic heterocycles. The van der Waals surface area contributed by atoms with Gasteiger partial charge >= 0.3 is 0 Å². The van der Waals surface area contributed by atoms with Gasteiger partial charge in [0.2, 0.25) is 0 Å². The molecule has 4 rings (SSSR count). The first-order valence-corrected chi connectivity index (χ1v) is 8.84. The minimum atomic E-state index is -0.453. The maximum Gasteiger partial charge on any atom is 0.269 e. The van der Waals surface area contributed by atoms with Crippen LogP contribution in [0.3, 0.4) is 0 Å². The van der Waals surface area contributed by atoms with Crippen LogP contribution in [0.4, 0.5) is 5.69 Å². The molecule has 0 radical (unpaired) electrons. The Morgan fingerprint density at radius 2 is 1.96 bits per heavy atom. The molecule has 0 saturated heterocycles. The third-order valence-corrected chi connectivity index (χ3v) is 4.99. The third kappa shape index (κ3) is 2.67. The number of nitro groups is 1. The molecule has 1 aromatic carbocycles. The lowest BCUT2D eigenvalue weighted by Gasteiger charge is -2.11. The van der Waals surface area contributed by atoms with Gasteiger partial charge in [0, 0.05) is 17.7 Å². The number of non-ortho nitro benzene ring substituents is 1. The van der Waals surface area contributed by atoms with Crippen LogP contribution in [0.15, 0.2) is 29.1 Å². The van der Waals surface area contributed by atoms with Crippen molar-refractivity contribution in [2.45, 2.75) is 45.1 Å². The summed E-state index contributed by atoms with van der Waals surface area (Å²) in [5.74, 6) is 0.402. The topological polar surface area (TPSA) is 107 Å². The normalized spacial score (nSPS) is 15.0. The Hall–Kier alpha value is -3.03. The number of aromatic nitrogens is 4. The van der Waals surface area contributed by atoms with E-state index in [-0.39, 0.29) is 17.3 Å². The largest absolute Gasteiger partial charge is 0.306 e. The summed E-state index contributed by atoms with van der Waals surface area (Å²) in [7, 11) is 0. The fraction of sp³-hybridized carbons (Fsp3) is 0.389. The summed E-state index contributed by atoms with van der Waals surface area (Å²) in [6.45, 7) is 1.98. The highest BCUT2D eigenvalue weighted by molar-refractivity contribution is 5.79. The Morgan fingerprint density at radius 1 is 1.27 bits per heavy atom. The molecule has 1 aliphatic carbocycles. The second kappa shape index (κ2) is 6.36. The number of benzene rings is 1. The number of hydrogen-bond donors (Lipinski definition) is 1. The van der Waals surface area contributed by atoms with Crippen molar-refractivity contribution in [3.63, 3.8) is 0 Å². The van der Waals surface area contributed by atoms with Gasteiger partial charge in [0.1, 0.15) is 11.2 Å². The van der Waals surface area contributed by atoms with Gasteiger partial charge in [0.05, 0.1) is 16.7 Å². The Balaban J connectivity index is 1.88. The summed E-state index contributed by atoms with van der Waals surface area (Å²) >= 11 is 0. The van der Waals surface area contributed by atoms with Gasteiger partial charge in [-0.2, -0.15) is 5.10 Å². The van der Waals surface area contributed by atoms with Crippen molar-refractivity contribution in [1.29, 1.82) is 0 Å². The predicted octanol–water partition coefficient (Wildman–Crippen LogP) is 3.37. The lowest BCUT2D eigenvalue weighted by molar-refractivity contribution is -0.384. The lowest BCUT2D eigenvalue weighted by atomic mass is 10.2. The van der Waals surface area contributed by atoms with E-state index in [0.717, 1.165) is 31.4 Å². The van der Waals surface area contributed by atoms with Gasteiger partial charge in [0.25, 0.3) is 11.2 Å². The highest BCUT2D eigenvalue weighted by Crippen LogP contribution is 2.32. The third-order valence-electron chi connectivity index (χ3n) is 4.99. The fourth-order valence-electron chi connectivity index (χ4n) is 3.64. The molecule has 8 nitrogen and oxygen atoms in total. The zero-order valence-electron chi connectivity index (χ0n) is 14.4. The molecule has 0 atom stereocenters. The molecule has 2 heterocycles.